The summed E-state index contributed by atoms with van der Waals surface area (Å²) < 4.78 is 32.3. The number of para-hydroxylation sites is 1. The second kappa shape index (κ2) is 10.4. The summed E-state index contributed by atoms with van der Waals surface area (Å²) in [6, 6.07) is 7.98. The minimum Gasteiger partial charge on any atom is -0.493 e. The molecule has 0 aromatic heterocycles. The molecule has 0 atom stereocenters. The van der Waals surface area contributed by atoms with Gasteiger partial charge < -0.3 is 15.4 Å². The summed E-state index contributed by atoms with van der Waals surface area (Å²) in [4.78, 5) is 4.19. The average molecular weight is 427 g/mol. The molecule has 9 heteroatoms. The summed E-state index contributed by atoms with van der Waals surface area (Å²) in [5.74, 6) is 4.00. The molecule has 1 aliphatic carbocycles. The molecule has 2 aliphatic rings. The van der Waals surface area contributed by atoms with Crippen LogP contribution in [0.2, 0.25) is 0 Å². The number of nitrogens with zero attached hydrogens (tertiary/aromatic N) is 2. The van der Waals surface area contributed by atoms with Crippen LogP contribution in [0.4, 0.5) is 0 Å². The molecule has 0 amide bonds. The number of rotatable bonds is 9. The molecule has 7 nitrogen and oxygen atoms in total. The van der Waals surface area contributed by atoms with Crippen molar-refractivity contribution in [1.82, 2.24) is 14.9 Å². The predicted octanol–water partition coefficient (Wildman–Crippen LogP) is 1.52. The number of nitrogens with one attached hydrogen (secondary N) is 2. The van der Waals surface area contributed by atoms with Gasteiger partial charge in [-0.25, -0.2) is 12.7 Å². The third kappa shape index (κ3) is 6.56. The Morgan fingerprint density at radius 3 is 2.71 bits per heavy atom. The van der Waals surface area contributed by atoms with E-state index in [0.717, 1.165) is 29.4 Å². The van der Waals surface area contributed by atoms with Gasteiger partial charge in [0.15, 0.2) is 5.96 Å². The highest BCUT2D eigenvalue weighted by molar-refractivity contribution is 7.99. The van der Waals surface area contributed by atoms with Gasteiger partial charge in [0, 0.05) is 50.3 Å². The first-order valence-electron chi connectivity index (χ1n) is 9.79. The van der Waals surface area contributed by atoms with Crippen molar-refractivity contribution >= 4 is 27.7 Å². The molecule has 2 fully saturated rings. The first kappa shape index (κ1) is 21.3. The topological polar surface area (TPSA) is 83.0 Å². The maximum absolute atomic E-state index is 12.4. The first-order chi connectivity index (χ1) is 13.6. The molecular weight excluding hydrogens is 396 g/mol. The SMILES string of the molecule is CN=C(NCCS(=O)(=O)N1CCSCC1)NCc1ccccc1OCC1CC1. The van der Waals surface area contributed by atoms with Crippen molar-refractivity contribution in [3.05, 3.63) is 29.8 Å². The molecule has 0 unspecified atom stereocenters. The zero-order chi connectivity index (χ0) is 19.8. The molecule has 0 bridgehead atoms. The van der Waals surface area contributed by atoms with Gasteiger partial charge in [-0.3, -0.25) is 4.99 Å². The molecule has 3 rings (SSSR count). The zero-order valence-corrected chi connectivity index (χ0v) is 18.0. The van der Waals surface area contributed by atoms with Gasteiger partial charge >= 0.3 is 0 Å². The molecule has 1 saturated carbocycles. The van der Waals surface area contributed by atoms with Crippen LogP contribution < -0.4 is 15.4 Å². The number of aliphatic imine (C=N–C) groups is 1. The van der Waals surface area contributed by atoms with Crippen LogP contribution in [0.25, 0.3) is 0 Å². The maximum atomic E-state index is 12.4. The molecule has 0 radical (unpaired) electrons. The fraction of sp³-hybridized carbons (Fsp3) is 0.632. The van der Waals surface area contributed by atoms with Crippen molar-refractivity contribution in [2.24, 2.45) is 10.9 Å². The van der Waals surface area contributed by atoms with Crippen LogP contribution in [-0.4, -0.2) is 69.2 Å². The summed E-state index contributed by atoms with van der Waals surface area (Å²) in [5, 5.41) is 6.34. The van der Waals surface area contributed by atoms with E-state index in [2.05, 4.69) is 15.6 Å². The van der Waals surface area contributed by atoms with E-state index in [4.69, 9.17) is 4.74 Å². The number of hydrogen-bond acceptors (Lipinski definition) is 5. The van der Waals surface area contributed by atoms with Crippen molar-refractivity contribution in [3.63, 3.8) is 0 Å². The highest BCUT2D eigenvalue weighted by Crippen LogP contribution is 2.30. The lowest BCUT2D eigenvalue weighted by molar-refractivity contribution is 0.296. The lowest BCUT2D eigenvalue weighted by atomic mass is 10.2. The summed E-state index contributed by atoms with van der Waals surface area (Å²) in [6.45, 7) is 2.88. The second-order valence-electron chi connectivity index (χ2n) is 7.04. The monoisotopic (exact) mass is 426 g/mol. The Labute approximate surface area is 172 Å². The lowest BCUT2D eigenvalue weighted by Gasteiger charge is -2.25. The van der Waals surface area contributed by atoms with Crippen molar-refractivity contribution in [2.75, 3.05) is 50.5 Å². The highest BCUT2D eigenvalue weighted by atomic mass is 32.2. The second-order valence-corrected chi connectivity index (χ2v) is 10.4. The smallest absolute Gasteiger partial charge is 0.215 e. The van der Waals surface area contributed by atoms with E-state index in [1.807, 2.05) is 24.3 Å². The molecule has 1 aliphatic heterocycles. The average Bonchev–Trinajstić information content (AvgIpc) is 3.55. The van der Waals surface area contributed by atoms with E-state index >= 15 is 0 Å². The summed E-state index contributed by atoms with van der Waals surface area (Å²) in [7, 11) is -1.53. The van der Waals surface area contributed by atoms with Crippen molar-refractivity contribution in [2.45, 2.75) is 19.4 Å². The van der Waals surface area contributed by atoms with Crippen LogP contribution in [0.1, 0.15) is 18.4 Å². The quantitative estimate of drug-likeness (QED) is 0.460. The minimum atomic E-state index is -3.22. The minimum absolute atomic E-state index is 0.0689. The van der Waals surface area contributed by atoms with Gasteiger partial charge in [0.2, 0.25) is 10.0 Å². The van der Waals surface area contributed by atoms with Gasteiger partial charge in [0.1, 0.15) is 5.75 Å². The van der Waals surface area contributed by atoms with Crippen LogP contribution in [0.15, 0.2) is 29.3 Å². The molecule has 2 N–H and O–H groups in total. The standard InChI is InChI=1S/C19H30N4O3S2/c1-20-19(21-8-13-28(24,25)23-9-11-27-12-10-23)22-14-17-4-2-3-5-18(17)26-15-16-6-7-16/h2-5,16H,6-15H2,1H3,(H2,20,21,22). The number of hydrogen-bond donors (Lipinski definition) is 2. The molecule has 1 aromatic rings. The third-order valence-corrected chi connectivity index (χ3v) is 7.64. The van der Waals surface area contributed by atoms with E-state index in [0.29, 0.717) is 38.1 Å². The fourth-order valence-electron chi connectivity index (χ4n) is 2.93. The van der Waals surface area contributed by atoms with Gasteiger partial charge in [-0.15, -0.1) is 0 Å². The number of ether oxygens (including phenoxy) is 1. The normalized spacial score (nSPS) is 18.7. The van der Waals surface area contributed by atoms with Gasteiger partial charge in [-0.1, -0.05) is 18.2 Å². The Hall–Kier alpha value is -1.45. The molecule has 156 valence electrons. The van der Waals surface area contributed by atoms with E-state index in [-0.39, 0.29) is 5.75 Å². The van der Waals surface area contributed by atoms with Gasteiger partial charge in [0.25, 0.3) is 0 Å². The van der Waals surface area contributed by atoms with Crippen LogP contribution in [0, 0.1) is 5.92 Å². The third-order valence-electron chi connectivity index (χ3n) is 4.83. The van der Waals surface area contributed by atoms with Gasteiger partial charge in [0.05, 0.1) is 12.4 Å². The fourth-order valence-corrected chi connectivity index (χ4v) is 5.43. The number of benzene rings is 1. The molecule has 28 heavy (non-hydrogen) atoms. The Morgan fingerprint density at radius 2 is 2.00 bits per heavy atom. The van der Waals surface area contributed by atoms with Crippen LogP contribution >= 0.6 is 11.8 Å². The van der Waals surface area contributed by atoms with Crippen LogP contribution in [0.3, 0.4) is 0 Å². The molecule has 1 heterocycles. The van der Waals surface area contributed by atoms with Crippen LogP contribution in [-0.2, 0) is 16.6 Å². The summed E-state index contributed by atoms with van der Waals surface area (Å²) >= 11 is 1.80. The Morgan fingerprint density at radius 1 is 1.25 bits per heavy atom. The van der Waals surface area contributed by atoms with Crippen molar-refractivity contribution in [3.8, 4) is 5.75 Å². The van der Waals surface area contributed by atoms with E-state index in [9.17, 15) is 8.42 Å². The molecule has 0 spiro atoms. The largest absolute Gasteiger partial charge is 0.493 e. The van der Waals surface area contributed by atoms with Crippen molar-refractivity contribution < 1.29 is 13.2 Å². The first-order valence-corrected chi connectivity index (χ1v) is 12.6. The van der Waals surface area contributed by atoms with Crippen LogP contribution in [0.5, 0.6) is 5.75 Å². The lowest BCUT2D eigenvalue weighted by Crippen LogP contribution is -2.44. The Balaban J connectivity index is 1.44. The molecule has 1 saturated heterocycles. The van der Waals surface area contributed by atoms with Gasteiger partial charge in [-0.2, -0.15) is 11.8 Å². The zero-order valence-electron chi connectivity index (χ0n) is 16.4. The number of guanidine groups is 1. The molecular formula is C19H30N4O3S2. The number of sulfonamides is 1. The van der Waals surface area contributed by atoms with E-state index < -0.39 is 10.0 Å². The summed E-state index contributed by atoms with van der Waals surface area (Å²) in [5.41, 5.74) is 1.06. The van der Waals surface area contributed by atoms with Crippen molar-refractivity contribution in [1.29, 1.82) is 0 Å². The predicted molar refractivity (Wildman–Crippen MR) is 116 cm³/mol. The highest BCUT2D eigenvalue weighted by Gasteiger charge is 2.24. The Kier molecular flexibility index (Phi) is 7.87. The number of thioether (sulfide) groups is 1. The summed E-state index contributed by atoms with van der Waals surface area (Å²) in [6.07, 6.45) is 2.52. The van der Waals surface area contributed by atoms with Gasteiger partial charge in [-0.05, 0) is 24.8 Å². The van der Waals surface area contributed by atoms with E-state index in [1.165, 1.54) is 12.8 Å². The molecule has 1 aromatic carbocycles. The van der Waals surface area contributed by atoms with E-state index in [1.54, 1.807) is 23.1 Å². The maximum Gasteiger partial charge on any atom is 0.215 e. The Bertz CT molecular complexity index is 760.